The Morgan fingerprint density at radius 1 is 1.06 bits per heavy atom. The second kappa shape index (κ2) is 8.97. The number of rotatable bonds is 4. The summed E-state index contributed by atoms with van der Waals surface area (Å²) in [5.41, 5.74) is 8.85. The highest BCUT2D eigenvalue weighted by molar-refractivity contribution is 7.22. The van der Waals surface area contributed by atoms with E-state index in [1.165, 1.54) is 11.3 Å². The quantitative estimate of drug-likeness (QED) is 0.360. The lowest BCUT2D eigenvalue weighted by molar-refractivity contribution is -0.138. The number of ether oxygens (including phenoxy) is 1. The summed E-state index contributed by atoms with van der Waals surface area (Å²) in [6.45, 7) is 1.94. The molecule has 1 aliphatic heterocycles. The van der Waals surface area contributed by atoms with Gasteiger partial charge in [0.15, 0.2) is 5.43 Å². The minimum absolute atomic E-state index is 0.163. The van der Waals surface area contributed by atoms with Crippen molar-refractivity contribution in [1.82, 2.24) is 0 Å². The first-order valence-electron chi connectivity index (χ1n) is 10.8. The van der Waals surface area contributed by atoms with E-state index in [9.17, 15) is 9.59 Å². The topological polar surface area (TPSA) is 72.6 Å². The molecular formula is C27H21ClN2O3S. The van der Waals surface area contributed by atoms with Crippen LogP contribution in [-0.2, 0) is 9.53 Å². The maximum absolute atomic E-state index is 14.0. The van der Waals surface area contributed by atoms with E-state index in [1.807, 2.05) is 60.7 Å². The van der Waals surface area contributed by atoms with Crippen molar-refractivity contribution < 1.29 is 9.53 Å². The van der Waals surface area contributed by atoms with Gasteiger partial charge in [-0.3, -0.25) is 9.69 Å². The molecule has 3 aromatic carbocycles. The van der Waals surface area contributed by atoms with Crippen molar-refractivity contribution in [2.24, 2.45) is 5.73 Å². The molecule has 0 aliphatic carbocycles. The van der Waals surface area contributed by atoms with Crippen LogP contribution in [0.25, 0.3) is 10.1 Å². The van der Waals surface area contributed by atoms with Crippen LogP contribution in [0.15, 0.2) is 95.1 Å². The lowest BCUT2D eigenvalue weighted by Gasteiger charge is -2.36. The summed E-state index contributed by atoms with van der Waals surface area (Å²) in [6.07, 6.45) is 0. The van der Waals surface area contributed by atoms with Crippen molar-refractivity contribution in [3.05, 3.63) is 117 Å². The van der Waals surface area contributed by atoms with Gasteiger partial charge >= 0.3 is 5.97 Å². The van der Waals surface area contributed by atoms with Crippen LogP contribution in [0.5, 0.6) is 0 Å². The van der Waals surface area contributed by atoms with Crippen LogP contribution in [0.1, 0.15) is 24.0 Å². The van der Waals surface area contributed by atoms with Crippen LogP contribution in [0, 0.1) is 0 Å². The van der Waals surface area contributed by atoms with E-state index in [4.69, 9.17) is 22.1 Å². The molecule has 5 nitrogen and oxygen atoms in total. The molecule has 7 heteroatoms. The van der Waals surface area contributed by atoms with Crippen molar-refractivity contribution in [1.29, 1.82) is 0 Å². The first kappa shape index (κ1) is 22.2. The summed E-state index contributed by atoms with van der Waals surface area (Å²) in [5.74, 6) is -0.969. The first-order chi connectivity index (χ1) is 16.5. The van der Waals surface area contributed by atoms with E-state index >= 15 is 0 Å². The van der Waals surface area contributed by atoms with Gasteiger partial charge in [0.05, 0.1) is 18.1 Å². The smallest absolute Gasteiger partial charge is 0.338 e. The molecule has 0 fully saturated rings. The third kappa shape index (κ3) is 3.65. The molecule has 4 aromatic rings. The highest BCUT2D eigenvalue weighted by Crippen LogP contribution is 2.48. The van der Waals surface area contributed by atoms with E-state index < -0.39 is 11.9 Å². The molecule has 5 rings (SSSR count). The minimum atomic E-state index is -0.668. The molecule has 2 N–H and O–H groups in total. The third-order valence-corrected chi connectivity index (χ3v) is 7.20. The predicted octanol–water partition coefficient (Wildman–Crippen LogP) is 5.93. The molecule has 1 aliphatic rings. The monoisotopic (exact) mass is 488 g/mol. The first-order valence-corrected chi connectivity index (χ1v) is 12.0. The largest absolute Gasteiger partial charge is 0.463 e. The third-order valence-electron chi connectivity index (χ3n) is 5.81. The molecule has 0 radical (unpaired) electrons. The van der Waals surface area contributed by atoms with Crippen molar-refractivity contribution in [3.63, 3.8) is 0 Å². The van der Waals surface area contributed by atoms with E-state index in [0.717, 1.165) is 16.0 Å². The Labute approximate surface area is 205 Å². The van der Waals surface area contributed by atoms with E-state index in [2.05, 4.69) is 0 Å². The summed E-state index contributed by atoms with van der Waals surface area (Å²) in [4.78, 5) is 29.1. The van der Waals surface area contributed by atoms with Crippen LogP contribution in [0.3, 0.4) is 0 Å². The van der Waals surface area contributed by atoms with Crippen molar-refractivity contribution in [3.8, 4) is 0 Å². The van der Waals surface area contributed by atoms with E-state index in [1.54, 1.807) is 30.0 Å². The lowest BCUT2D eigenvalue weighted by Crippen LogP contribution is -2.37. The van der Waals surface area contributed by atoms with Crippen LogP contribution >= 0.6 is 22.9 Å². The second-order valence-corrected chi connectivity index (χ2v) is 9.29. The minimum Gasteiger partial charge on any atom is -0.463 e. The van der Waals surface area contributed by atoms with Gasteiger partial charge in [-0.25, -0.2) is 4.79 Å². The Balaban J connectivity index is 1.91. The number of carbonyl (C=O) groups excluding carboxylic acids is 1. The maximum atomic E-state index is 14.0. The molecule has 170 valence electrons. The summed E-state index contributed by atoms with van der Waals surface area (Å²) in [7, 11) is 0. The number of esters is 1. The fourth-order valence-electron chi connectivity index (χ4n) is 4.36. The standard InChI is InChI=1S/C27H21ClN2O3S/c1-2-33-27(32)23-21(16-9-5-3-6-10-16)22-24(31)19-14-13-17(28)15-20(19)34-26(22)30(25(23)29)18-11-7-4-8-12-18/h3-15,21H,2,29H2,1H3. The van der Waals surface area contributed by atoms with Gasteiger partial charge in [-0.1, -0.05) is 60.1 Å². The van der Waals surface area contributed by atoms with Gasteiger partial charge in [-0.05, 0) is 42.8 Å². The number of halogens is 1. The SMILES string of the molecule is CCOC(=O)C1=C(N)N(c2ccccc2)c2sc3cc(Cl)ccc3c(=O)c2C1c1ccccc1. The Morgan fingerprint density at radius 2 is 1.74 bits per heavy atom. The Hall–Kier alpha value is -3.61. The molecule has 0 saturated carbocycles. The molecule has 0 amide bonds. The van der Waals surface area contributed by atoms with Crippen LogP contribution in [0.4, 0.5) is 10.7 Å². The maximum Gasteiger partial charge on any atom is 0.338 e. The average molecular weight is 489 g/mol. The lowest BCUT2D eigenvalue weighted by atomic mass is 9.82. The fraction of sp³-hybridized carbons (Fsp3) is 0.111. The molecule has 1 atom stereocenters. The number of hydrogen-bond acceptors (Lipinski definition) is 6. The van der Waals surface area contributed by atoms with Gasteiger partial charge in [0, 0.05) is 26.4 Å². The molecule has 0 saturated heterocycles. The number of benzene rings is 3. The Morgan fingerprint density at radius 3 is 2.41 bits per heavy atom. The zero-order valence-electron chi connectivity index (χ0n) is 18.3. The van der Waals surface area contributed by atoms with Crippen molar-refractivity contribution in [2.75, 3.05) is 11.5 Å². The second-order valence-electron chi connectivity index (χ2n) is 7.82. The van der Waals surface area contributed by atoms with Gasteiger partial charge in [0.2, 0.25) is 0 Å². The number of nitrogens with zero attached hydrogens (tertiary/aromatic N) is 1. The molecule has 0 spiro atoms. The highest BCUT2D eigenvalue weighted by atomic mass is 35.5. The van der Waals surface area contributed by atoms with Crippen molar-refractivity contribution in [2.45, 2.75) is 12.8 Å². The molecule has 2 heterocycles. The summed E-state index contributed by atoms with van der Waals surface area (Å²) >= 11 is 7.68. The summed E-state index contributed by atoms with van der Waals surface area (Å²) < 4.78 is 6.17. The fourth-order valence-corrected chi connectivity index (χ4v) is 5.87. The van der Waals surface area contributed by atoms with Gasteiger partial charge < -0.3 is 10.5 Å². The average Bonchev–Trinajstić information content (AvgIpc) is 2.84. The van der Waals surface area contributed by atoms with Gasteiger partial charge in [-0.2, -0.15) is 0 Å². The molecule has 1 unspecified atom stereocenters. The number of nitrogens with two attached hydrogens (primary N) is 1. The van der Waals surface area contributed by atoms with Crippen LogP contribution < -0.4 is 16.1 Å². The van der Waals surface area contributed by atoms with Crippen LogP contribution in [0.2, 0.25) is 5.02 Å². The normalized spacial score (nSPS) is 15.4. The van der Waals surface area contributed by atoms with Crippen molar-refractivity contribution >= 4 is 49.7 Å². The highest BCUT2D eigenvalue weighted by Gasteiger charge is 2.40. The number of anilines is 2. The number of para-hydroxylation sites is 1. The van der Waals surface area contributed by atoms with E-state index in [0.29, 0.717) is 21.0 Å². The Bertz CT molecular complexity index is 1480. The summed E-state index contributed by atoms with van der Waals surface area (Å²) in [6, 6.07) is 24.1. The van der Waals surface area contributed by atoms with Crippen LogP contribution in [-0.4, -0.2) is 12.6 Å². The number of fused-ring (bicyclic) bond motifs is 2. The van der Waals surface area contributed by atoms with Gasteiger partial charge in [0.1, 0.15) is 10.8 Å². The number of hydrogen-bond donors (Lipinski definition) is 1. The van der Waals surface area contributed by atoms with E-state index in [-0.39, 0.29) is 23.4 Å². The summed E-state index contributed by atoms with van der Waals surface area (Å²) in [5, 5.41) is 1.75. The zero-order chi connectivity index (χ0) is 23.8. The molecule has 34 heavy (non-hydrogen) atoms. The van der Waals surface area contributed by atoms with Gasteiger partial charge in [0.25, 0.3) is 0 Å². The number of carbonyl (C=O) groups is 1. The molecule has 1 aromatic heterocycles. The Kier molecular flexibility index (Phi) is 5.86. The van der Waals surface area contributed by atoms with Gasteiger partial charge in [-0.15, -0.1) is 11.3 Å². The predicted molar refractivity (Wildman–Crippen MR) is 138 cm³/mol. The molecule has 0 bridgehead atoms. The molecular weight excluding hydrogens is 468 g/mol. The zero-order valence-corrected chi connectivity index (χ0v) is 19.9.